The van der Waals surface area contributed by atoms with Crippen LogP contribution in [0, 0.1) is 0 Å². The van der Waals surface area contributed by atoms with Crippen LogP contribution in [-0.4, -0.2) is 20.2 Å². The maximum absolute atomic E-state index is 5.14. The van der Waals surface area contributed by atoms with Gasteiger partial charge in [-0.2, -0.15) is 0 Å². The van der Waals surface area contributed by atoms with Crippen LogP contribution in [0.4, 0.5) is 5.69 Å². The van der Waals surface area contributed by atoms with E-state index in [-0.39, 0.29) is 0 Å². The highest BCUT2D eigenvalue weighted by molar-refractivity contribution is 5.46. The van der Waals surface area contributed by atoms with E-state index in [2.05, 4.69) is 41.8 Å². The number of nitrogens with one attached hydrogen (secondary N) is 2. The Morgan fingerprint density at radius 2 is 1.65 bits per heavy atom. The van der Waals surface area contributed by atoms with E-state index in [4.69, 9.17) is 4.74 Å². The maximum Gasteiger partial charge on any atom is 0.119 e. The van der Waals surface area contributed by atoms with Crippen molar-refractivity contribution in [3.8, 4) is 5.75 Å². The van der Waals surface area contributed by atoms with Gasteiger partial charge in [-0.25, -0.2) is 0 Å². The second-order valence-electron chi connectivity index (χ2n) is 4.74. The number of ether oxygens (including phenoxy) is 1. The molecule has 0 aliphatic heterocycles. The van der Waals surface area contributed by atoms with Gasteiger partial charge in [0, 0.05) is 24.8 Å². The van der Waals surface area contributed by atoms with Gasteiger partial charge in [0.2, 0.25) is 0 Å². The molecule has 0 aromatic heterocycles. The van der Waals surface area contributed by atoms with Crippen molar-refractivity contribution in [2.45, 2.75) is 13.0 Å². The van der Waals surface area contributed by atoms with E-state index < -0.39 is 0 Å². The molecule has 0 bridgehead atoms. The quantitative estimate of drug-likeness (QED) is 0.756. The molecule has 0 heterocycles. The summed E-state index contributed by atoms with van der Waals surface area (Å²) in [6, 6.07) is 18.8. The molecule has 0 saturated carbocycles. The van der Waals surface area contributed by atoms with Gasteiger partial charge in [-0.15, -0.1) is 0 Å². The minimum atomic E-state index is 0.369. The SMILES string of the molecule is COc1ccc(NCCNC(C)c2ccccc2)cc1. The summed E-state index contributed by atoms with van der Waals surface area (Å²) in [5.74, 6) is 0.881. The van der Waals surface area contributed by atoms with E-state index >= 15 is 0 Å². The maximum atomic E-state index is 5.14. The third-order valence-electron chi connectivity index (χ3n) is 3.29. The highest BCUT2D eigenvalue weighted by Crippen LogP contribution is 2.14. The Kier molecular flexibility index (Phi) is 5.44. The molecular weight excluding hydrogens is 248 g/mol. The molecule has 0 fully saturated rings. The summed E-state index contributed by atoms with van der Waals surface area (Å²) in [5, 5.41) is 6.89. The normalized spacial score (nSPS) is 11.9. The topological polar surface area (TPSA) is 33.3 Å². The molecule has 0 amide bonds. The van der Waals surface area contributed by atoms with Crippen LogP contribution in [0.2, 0.25) is 0 Å². The molecule has 106 valence electrons. The van der Waals surface area contributed by atoms with E-state index in [0.717, 1.165) is 24.5 Å². The van der Waals surface area contributed by atoms with Crippen LogP contribution < -0.4 is 15.4 Å². The molecule has 0 radical (unpaired) electrons. The van der Waals surface area contributed by atoms with Gasteiger partial charge in [0.15, 0.2) is 0 Å². The summed E-state index contributed by atoms with van der Waals surface area (Å²) >= 11 is 0. The molecule has 3 heteroatoms. The van der Waals surface area contributed by atoms with Crippen LogP contribution >= 0.6 is 0 Å². The Balaban J connectivity index is 1.70. The first-order valence-corrected chi connectivity index (χ1v) is 6.96. The first-order valence-electron chi connectivity index (χ1n) is 6.96. The lowest BCUT2D eigenvalue weighted by Gasteiger charge is -2.15. The molecule has 2 aromatic rings. The Bertz CT molecular complexity index is 496. The van der Waals surface area contributed by atoms with Gasteiger partial charge in [-0.05, 0) is 36.8 Å². The fourth-order valence-corrected chi connectivity index (χ4v) is 2.06. The molecule has 20 heavy (non-hydrogen) atoms. The van der Waals surface area contributed by atoms with E-state index in [9.17, 15) is 0 Å². The zero-order valence-electron chi connectivity index (χ0n) is 12.1. The van der Waals surface area contributed by atoms with E-state index in [1.165, 1.54) is 5.56 Å². The van der Waals surface area contributed by atoms with Crippen LogP contribution in [-0.2, 0) is 0 Å². The first-order chi connectivity index (χ1) is 9.79. The van der Waals surface area contributed by atoms with Crippen molar-refractivity contribution in [3.05, 3.63) is 60.2 Å². The fraction of sp³-hybridized carbons (Fsp3) is 0.294. The predicted octanol–water partition coefficient (Wildman–Crippen LogP) is 3.46. The number of benzene rings is 2. The molecule has 2 aromatic carbocycles. The van der Waals surface area contributed by atoms with E-state index in [0.29, 0.717) is 6.04 Å². The molecule has 1 unspecified atom stereocenters. The van der Waals surface area contributed by atoms with Gasteiger partial charge in [0.05, 0.1) is 7.11 Å². The van der Waals surface area contributed by atoms with Crippen LogP contribution in [0.3, 0.4) is 0 Å². The highest BCUT2D eigenvalue weighted by Gasteiger charge is 2.02. The number of methoxy groups -OCH3 is 1. The van der Waals surface area contributed by atoms with Crippen molar-refractivity contribution in [2.24, 2.45) is 0 Å². The van der Waals surface area contributed by atoms with E-state index in [1.54, 1.807) is 7.11 Å². The highest BCUT2D eigenvalue weighted by atomic mass is 16.5. The van der Waals surface area contributed by atoms with Crippen molar-refractivity contribution >= 4 is 5.69 Å². The third-order valence-corrected chi connectivity index (χ3v) is 3.29. The summed E-state index contributed by atoms with van der Waals surface area (Å²) in [6.07, 6.45) is 0. The summed E-state index contributed by atoms with van der Waals surface area (Å²) < 4.78 is 5.14. The second kappa shape index (κ2) is 7.56. The standard InChI is InChI=1S/C17H22N2O/c1-14(15-6-4-3-5-7-15)18-12-13-19-16-8-10-17(20-2)11-9-16/h3-11,14,18-19H,12-13H2,1-2H3. The van der Waals surface area contributed by atoms with Crippen molar-refractivity contribution in [1.29, 1.82) is 0 Å². The summed E-state index contributed by atoms with van der Waals surface area (Å²) in [7, 11) is 1.68. The van der Waals surface area contributed by atoms with Crippen LogP contribution in [0.1, 0.15) is 18.5 Å². The molecular formula is C17H22N2O. The summed E-state index contributed by atoms with van der Waals surface area (Å²) in [4.78, 5) is 0. The van der Waals surface area contributed by atoms with Gasteiger partial charge in [0.25, 0.3) is 0 Å². The van der Waals surface area contributed by atoms with Gasteiger partial charge in [-0.1, -0.05) is 30.3 Å². The zero-order chi connectivity index (χ0) is 14.2. The lowest BCUT2D eigenvalue weighted by molar-refractivity contribution is 0.415. The largest absolute Gasteiger partial charge is 0.497 e. The molecule has 3 nitrogen and oxygen atoms in total. The average Bonchev–Trinajstić information content (AvgIpc) is 2.53. The molecule has 2 rings (SSSR count). The van der Waals surface area contributed by atoms with Gasteiger partial charge in [-0.3, -0.25) is 0 Å². The van der Waals surface area contributed by atoms with Gasteiger partial charge < -0.3 is 15.4 Å². The van der Waals surface area contributed by atoms with Crippen LogP contribution in [0.25, 0.3) is 0 Å². The second-order valence-corrected chi connectivity index (χ2v) is 4.74. The van der Waals surface area contributed by atoms with Crippen molar-refractivity contribution in [1.82, 2.24) is 5.32 Å². The van der Waals surface area contributed by atoms with Gasteiger partial charge >= 0.3 is 0 Å². The summed E-state index contributed by atoms with van der Waals surface area (Å²) in [6.45, 7) is 3.99. The Hall–Kier alpha value is -2.00. The number of anilines is 1. The number of hydrogen-bond donors (Lipinski definition) is 2. The number of rotatable bonds is 7. The van der Waals surface area contributed by atoms with Crippen molar-refractivity contribution < 1.29 is 4.74 Å². The fourth-order valence-electron chi connectivity index (χ4n) is 2.06. The molecule has 1 atom stereocenters. The molecule has 0 aliphatic carbocycles. The minimum Gasteiger partial charge on any atom is -0.497 e. The third kappa shape index (κ3) is 4.28. The molecule has 0 aliphatic rings. The number of hydrogen-bond acceptors (Lipinski definition) is 3. The van der Waals surface area contributed by atoms with E-state index in [1.807, 2.05) is 30.3 Å². The lowest BCUT2D eigenvalue weighted by atomic mass is 10.1. The van der Waals surface area contributed by atoms with Crippen molar-refractivity contribution in [3.63, 3.8) is 0 Å². The van der Waals surface area contributed by atoms with Crippen molar-refractivity contribution in [2.75, 3.05) is 25.5 Å². The predicted molar refractivity (Wildman–Crippen MR) is 84.3 cm³/mol. The molecule has 2 N–H and O–H groups in total. The lowest BCUT2D eigenvalue weighted by Crippen LogP contribution is -2.25. The van der Waals surface area contributed by atoms with Crippen LogP contribution in [0.15, 0.2) is 54.6 Å². The smallest absolute Gasteiger partial charge is 0.119 e. The van der Waals surface area contributed by atoms with Gasteiger partial charge in [0.1, 0.15) is 5.75 Å². The monoisotopic (exact) mass is 270 g/mol. The summed E-state index contributed by atoms with van der Waals surface area (Å²) in [5.41, 5.74) is 2.43. The Morgan fingerprint density at radius 1 is 0.950 bits per heavy atom. The molecule has 0 spiro atoms. The molecule has 0 saturated heterocycles. The average molecular weight is 270 g/mol. The van der Waals surface area contributed by atoms with Crippen LogP contribution in [0.5, 0.6) is 5.75 Å². The Labute approximate surface area is 121 Å². The minimum absolute atomic E-state index is 0.369. The Morgan fingerprint density at radius 3 is 2.30 bits per heavy atom. The first kappa shape index (κ1) is 14.4. The zero-order valence-corrected chi connectivity index (χ0v) is 12.1.